The molecule has 0 aliphatic carbocycles. The number of rotatable bonds is 3. The summed E-state index contributed by atoms with van der Waals surface area (Å²) in [6.07, 6.45) is 0. The first-order chi connectivity index (χ1) is 5.86. The molecule has 0 saturated carbocycles. The second-order valence-electron chi connectivity index (χ2n) is 4.68. The average Bonchev–Trinajstić information content (AvgIpc) is 1.80. The molecule has 0 spiro atoms. The maximum atomic E-state index is 10.9. The van der Waals surface area contributed by atoms with E-state index >= 15 is 0 Å². The number of carboxylic acids is 1. The molecule has 2 N–H and O–H groups in total. The van der Waals surface area contributed by atoms with Gasteiger partial charge in [0.1, 0.15) is 5.41 Å². The number of nitrogens with one attached hydrogen (secondary N) is 1. The molecule has 4 heteroatoms. The minimum Gasteiger partial charge on any atom is -0.481 e. The molecular weight excluding hydrogens is 170 g/mol. The van der Waals surface area contributed by atoms with Crippen LogP contribution in [0.1, 0.15) is 20.8 Å². The summed E-state index contributed by atoms with van der Waals surface area (Å²) in [5.41, 5.74) is -0.731. The maximum Gasteiger partial charge on any atom is 0.315 e. The molecule has 0 aromatic rings. The van der Waals surface area contributed by atoms with E-state index in [1.807, 2.05) is 20.8 Å². The smallest absolute Gasteiger partial charge is 0.315 e. The normalized spacial score (nSPS) is 20.8. The van der Waals surface area contributed by atoms with Crippen molar-refractivity contribution in [2.24, 2.45) is 5.41 Å². The van der Waals surface area contributed by atoms with Gasteiger partial charge in [-0.15, -0.1) is 0 Å². The Balaban J connectivity index is 2.46. The molecule has 1 fully saturated rings. The molecule has 0 radical (unpaired) electrons. The summed E-state index contributed by atoms with van der Waals surface area (Å²) in [6.45, 7) is 7.18. The lowest BCUT2D eigenvalue weighted by molar-refractivity contribution is -0.179. The van der Waals surface area contributed by atoms with Crippen LogP contribution in [0.25, 0.3) is 0 Å². The molecule has 0 aromatic carbocycles. The van der Waals surface area contributed by atoms with Gasteiger partial charge in [0.15, 0.2) is 0 Å². The minimum absolute atomic E-state index is 0.0436. The van der Waals surface area contributed by atoms with Crippen LogP contribution >= 0.6 is 0 Å². The standard InChI is InChI=1S/C9H17NO3/c1-8(2,3)10-4-9(7(11)12)5-13-6-9/h10H,4-6H2,1-3H3,(H,11,12). The summed E-state index contributed by atoms with van der Waals surface area (Å²) in [5, 5.41) is 12.1. The van der Waals surface area contributed by atoms with E-state index in [9.17, 15) is 4.79 Å². The number of hydrogen-bond donors (Lipinski definition) is 2. The molecule has 1 heterocycles. The topological polar surface area (TPSA) is 58.6 Å². The summed E-state index contributed by atoms with van der Waals surface area (Å²) in [7, 11) is 0. The van der Waals surface area contributed by atoms with Crippen molar-refractivity contribution in [2.75, 3.05) is 19.8 Å². The van der Waals surface area contributed by atoms with Crippen LogP contribution in [0.3, 0.4) is 0 Å². The van der Waals surface area contributed by atoms with E-state index in [4.69, 9.17) is 9.84 Å². The molecular formula is C9H17NO3. The lowest BCUT2D eigenvalue weighted by Gasteiger charge is -2.39. The van der Waals surface area contributed by atoms with Crippen molar-refractivity contribution in [3.8, 4) is 0 Å². The zero-order valence-electron chi connectivity index (χ0n) is 8.39. The number of hydrogen-bond acceptors (Lipinski definition) is 3. The van der Waals surface area contributed by atoms with Crippen molar-refractivity contribution in [3.63, 3.8) is 0 Å². The molecule has 1 saturated heterocycles. The predicted molar refractivity (Wildman–Crippen MR) is 48.6 cm³/mol. The van der Waals surface area contributed by atoms with E-state index in [0.29, 0.717) is 19.8 Å². The second kappa shape index (κ2) is 3.27. The first kappa shape index (κ1) is 10.5. The number of carboxylic acid groups (broad SMARTS) is 1. The molecule has 0 amide bonds. The zero-order chi connectivity index (χ0) is 10.1. The third kappa shape index (κ3) is 2.42. The van der Waals surface area contributed by atoms with Gasteiger partial charge >= 0.3 is 5.97 Å². The van der Waals surface area contributed by atoms with Gasteiger partial charge in [0.2, 0.25) is 0 Å². The Labute approximate surface area is 78.3 Å². The van der Waals surface area contributed by atoms with Gasteiger partial charge in [-0.05, 0) is 20.8 Å². The maximum absolute atomic E-state index is 10.9. The Morgan fingerprint density at radius 1 is 1.54 bits per heavy atom. The largest absolute Gasteiger partial charge is 0.481 e. The minimum atomic E-state index is -0.768. The third-order valence-corrected chi connectivity index (χ3v) is 2.17. The Morgan fingerprint density at radius 3 is 2.31 bits per heavy atom. The van der Waals surface area contributed by atoms with Crippen molar-refractivity contribution in [3.05, 3.63) is 0 Å². The van der Waals surface area contributed by atoms with E-state index in [1.165, 1.54) is 0 Å². The summed E-state index contributed by atoms with van der Waals surface area (Å²) in [5.74, 6) is -0.768. The molecule has 76 valence electrons. The van der Waals surface area contributed by atoms with Crippen molar-refractivity contribution in [2.45, 2.75) is 26.3 Å². The Kier molecular flexibility index (Phi) is 2.63. The SMILES string of the molecule is CC(C)(C)NCC1(C(=O)O)COC1. The fraction of sp³-hybridized carbons (Fsp3) is 0.889. The summed E-state index contributed by atoms with van der Waals surface area (Å²) < 4.78 is 4.94. The van der Waals surface area contributed by atoms with Gasteiger partial charge in [0.25, 0.3) is 0 Å². The Hall–Kier alpha value is -0.610. The lowest BCUT2D eigenvalue weighted by atomic mass is 9.85. The van der Waals surface area contributed by atoms with Gasteiger partial charge in [-0.2, -0.15) is 0 Å². The number of ether oxygens (including phenoxy) is 1. The molecule has 0 bridgehead atoms. The van der Waals surface area contributed by atoms with Crippen molar-refractivity contribution < 1.29 is 14.6 Å². The van der Waals surface area contributed by atoms with Gasteiger partial charge in [-0.3, -0.25) is 4.79 Å². The van der Waals surface area contributed by atoms with Crippen molar-refractivity contribution >= 4 is 5.97 Å². The summed E-state index contributed by atoms with van der Waals surface area (Å²) in [4.78, 5) is 10.9. The highest BCUT2D eigenvalue weighted by molar-refractivity contribution is 5.76. The van der Waals surface area contributed by atoms with E-state index in [-0.39, 0.29) is 5.54 Å². The molecule has 1 rings (SSSR count). The Morgan fingerprint density at radius 2 is 2.08 bits per heavy atom. The highest BCUT2D eigenvalue weighted by Crippen LogP contribution is 2.27. The van der Waals surface area contributed by atoms with Crippen LogP contribution in [0.2, 0.25) is 0 Å². The van der Waals surface area contributed by atoms with Crippen LogP contribution in [0.5, 0.6) is 0 Å². The van der Waals surface area contributed by atoms with Crippen LogP contribution < -0.4 is 5.32 Å². The molecule has 0 aromatic heterocycles. The van der Waals surface area contributed by atoms with E-state index < -0.39 is 11.4 Å². The first-order valence-electron chi connectivity index (χ1n) is 4.42. The van der Waals surface area contributed by atoms with Crippen LogP contribution in [0.15, 0.2) is 0 Å². The van der Waals surface area contributed by atoms with E-state index in [1.54, 1.807) is 0 Å². The van der Waals surface area contributed by atoms with Gasteiger partial charge < -0.3 is 15.2 Å². The van der Waals surface area contributed by atoms with Gasteiger partial charge in [0.05, 0.1) is 13.2 Å². The average molecular weight is 187 g/mol. The fourth-order valence-electron chi connectivity index (χ4n) is 1.08. The zero-order valence-corrected chi connectivity index (χ0v) is 8.39. The highest BCUT2D eigenvalue weighted by Gasteiger charge is 2.46. The monoisotopic (exact) mass is 187 g/mol. The van der Waals surface area contributed by atoms with Crippen molar-refractivity contribution in [1.82, 2.24) is 5.32 Å². The fourth-order valence-corrected chi connectivity index (χ4v) is 1.08. The first-order valence-corrected chi connectivity index (χ1v) is 4.42. The summed E-state index contributed by atoms with van der Waals surface area (Å²) >= 11 is 0. The lowest BCUT2D eigenvalue weighted by Crippen LogP contribution is -2.57. The summed E-state index contributed by atoms with van der Waals surface area (Å²) in [6, 6.07) is 0. The molecule has 13 heavy (non-hydrogen) atoms. The number of aliphatic carboxylic acids is 1. The van der Waals surface area contributed by atoms with Crippen molar-refractivity contribution in [1.29, 1.82) is 0 Å². The van der Waals surface area contributed by atoms with Crippen LogP contribution in [0.4, 0.5) is 0 Å². The second-order valence-corrected chi connectivity index (χ2v) is 4.68. The quantitative estimate of drug-likeness (QED) is 0.674. The predicted octanol–water partition coefficient (Wildman–Crippen LogP) is 0.476. The number of carbonyl (C=O) groups is 1. The molecule has 1 aliphatic rings. The molecule has 0 atom stereocenters. The van der Waals surface area contributed by atoms with E-state index in [2.05, 4.69) is 5.32 Å². The van der Waals surface area contributed by atoms with Crippen LogP contribution in [0, 0.1) is 5.41 Å². The molecule has 0 unspecified atom stereocenters. The van der Waals surface area contributed by atoms with Gasteiger partial charge in [0, 0.05) is 12.1 Å². The van der Waals surface area contributed by atoms with Crippen LogP contribution in [-0.4, -0.2) is 36.4 Å². The van der Waals surface area contributed by atoms with E-state index in [0.717, 1.165) is 0 Å². The third-order valence-electron chi connectivity index (χ3n) is 2.17. The van der Waals surface area contributed by atoms with Gasteiger partial charge in [-0.25, -0.2) is 0 Å². The molecule has 4 nitrogen and oxygen atoms in total. The van der Waals surface area contributed by atoms with Gasteiger partial charge in [-0.1, -0.05) is 0 Å². The highest BCUT2D eigenvalue weighted by atomic mass is 16.5. The van der Waals surface area contributed by atoms with Crippen LogP contribution in [-0.2, 0) is 9.53 Å². The molecule has 1 aliphatic heterocycles. The Bertz CT molecular complexity index is 203.